The summed E-state index contributed by atoms with van der Waals surface area (Å²) in [5, 5.41) is 8.58. The first kappa shape index (κ1) is 7.52. The van der Waals surface area contributed by atoms with Crippen LogP contribution < -0.4 is 0 Å². The van der Waals surface area contributed by atoms with Crippen LogP contribution in [0.15, 0.2) is 0 Å². The lowest BCUT2D eigenvalue weighted by molar-refractivity contribution is -0.165. The minimum Gasteiger partial charge on any atom is -0.448 e. The molecule has 0 atom stereocenters. The number of Topliss-reactive ketones (excluding diaryl/α,β-unsaturated/α-hetero) is 1. The number of amides is 1. The van der Waals surface area contributed by atoms with Crippen LogP contribution in [0, 0.1) is 0 Å². The highest BCUT2D eigenvalue weighted by Crippen LogP contribution is 2.06. The molecule has 0 aromatic rings. The van der Waals surface area contributed by atoms with Gasteiger partial charge in [-0.25, -0.2) is 4.79 Å². The number of carbonyl (C=O) groups excluding carboxylic acids is 2. The van der Waals surface area contributed by atoms with Gasteiger partial charge in [-0.15, -0.1) is 0 Å². The number of ketones is 1. The fourth-order valence-electron chi connectivity index (χ4n) is 0.732. The van der Waals surface area contributed by atoms with Gasteiger partial charge in [-0.3, -0.25) is 9.59 Å². The molecule has 1 saturated heterocycles. The Morgan fingerprint density at radius 3 is 2.55 bits per heavy atom. The average Bonchev–Trinajstić information content (AvgIpc) is 2.18. The van der Waals surface area contributed by atoms with Crippen LogP contribution in [0.5, 0.6) is 0 Å². The third-order valence-electron chi connectivity index (χ3n) is 1.20. The fraction of sp³-hybridized carbons (Fsp3) is 0.400. The SMILES string of the molecule is O=C(O)ON1CCC(=O)C1=O. The summed E-state index contributed by atoms with van der Waals surface area (Å²) in [5.41, 5.74) is 0. The van der Waals surface area contributed by atoms with Crippen molar-refractivity contribution >= 4 is 17.8 Å². The molecule has 1 fully saturated rings. The molecule has 1 heterocycles. The summed E-state index contributed by atoms with van der Waals surface area (Å²) in [6.07, 6.45) is -1.57. The summed E-state index contributed by atoms with van der Waals surface area (Å²) in [4.78, 5) is 35.0. The van der Waals surface area contributed by atoms with E-state index in [1.807, 2.05) is 0 Å². The zero-order valence-corrected chi connectivity index (χ0v) is 5.44. The van der Waals surface area contributed by atoms with E-state index in [0.717, 1.165) is 0 Å². The van der Waals surface area contributed by atoms with Gasteiger partial charge in [0.2, 0.25) is 5.78 Å². The summed E-state index contributed by atoms with van der Waals surface area (Å²) < 4.78 is 0. The minimum atomic E-state index is -1.59. The third-order valence-corrected chi connectivity index (χ3v) is 1.20. The Bertz CT molecular complexity index is 223. The number of hydrogen-bond donors (Lipinski definition) is 1. The highest BCUT2D eigenvalue weighted by Gasteiger charge is 2.32. The van der Waals surface area contributed by atoms with Gasteiger partial charge in [-0.2, -0.15) is 5.06 Å². The maximum absolute atomic E-state index is 10.6. The standard InChI is InChI=1S/C5H5NO5/c7-3-1-2-6(4(3)8)11-5(9)10/h1-2H2,(H,9,10). The van der Waals surface area contributed by atoms with Crippen LogP contribution in [-0.4, -0.2) is 34.6 Å². The van der Waals surface area contributed by atoms with Crippen molar-refractivity contribution in [2.45, 2.75) is 6.42 Å². The topological polar surface area (TPSA) is 83.9 Å². The number of nitrogens with zero attached hydrogens (tertiary/aromatic N) is 1. The van der Waals surface area contributed by atoms with Crippen molar-refractivity contribution in [2.75, 3.05) is 6.54 Å². The van der Waals surface area contributed by atoms with Crippen molar-refractivity contribution < 1.29 is 24.3 Å². The maximum atomic E-state index is 10.6. The van der Waals surface area contributed by atoms with E-state index in [2.05, 4.69) is 4.84 Å². The fourth-order valence-corrected chi connectivity index (χ4v) is 0.732. The Morgan fingerprint density at radius 1 is 1.55 bits per heavy atom. The van der Waals surface area contributed by atoms with E-state index >= 15 is 0 Å². The number of hydrogen-bond acceptors (Lipinski definition) is 4. The largest absolute Gasteiger partial charge is 0.531 e. The second-order valence-corrected chi connectivity index (χ2v) is 1.94. The zero-order valence-electron chi connectivity index (χ0n) is 5.44. The molecule has 1 amide bonds. The first-order chi connectivity index (χ1) is 5.11. The Kier molecular flexibility index (Phi) is 1.75. The smallest absolute Gasteiger partial charge is 0.448 e. The second kappa shape index (κ2) is 2.57. The molecule has 11 heavy (non-hydrogen) atoms. The summed E-state index contributed by atoms with van der Waals surface area (Å²) >= 11 is 0. The number of carboxylic acid groups (broad SMARTS) is 1. The van der Waals surface area contributed by atoms with Crippen LogP contribution in [0.4, 0.5) is 4.79 Å². The average molecular weight is 159 g/mol. The van der Waals surface area contributed by atoms with Gasteiger partial charge in [0, 0.05) is 6.42 Å². The van der Waals surface area contributed by atoms with Crippen LogP contribution in [0.2, 0.25) is 0 Å². The predicted molar refractivity (Wildman–Crippen MR) is 30.4 cm³/mol. The van der Waals surface area contributed by atoms with Crippen LogP contribution in [-0.2, 0) is 14.4 Å². The quantitative estimate of drug-likeness (QED) is 0.516. The van der Waals surface area contributed by atoms with Gasteiger partial charge < -0.3 is 9.94 Å². The van der Waals surface area contributed by atoms with Crippen molar-refractivity contribution in [2.24, 2.45) is 0 Å². The number of carbonyl (C=O) groups is 3. The molecule has 0 saturated carbocycles. The van der Waals surface area contributed by atoms with Crippen molar-refractivity contribution in [3.63, 3.8) is 0 Å². The molecule has 1 rings (SSSR count). The normalized spacial score (nSPS) is 17.3. The van der Waals surface area contributed by atoms with Crippen LogP contribution in [0.3, 0.4) is 0 Å². The second-order valence-electron chi connectivity index (χ2n) is 1.94. The molecule has 1 aliphatic rings. The third kappa shape index (κ3) is 1.46. The van der Waals surface area contributed by atoms with Crippen molar-refractivity contribution in [3.8, 4) is 0 Å². The van der Waals surface area contributed by atoms with Gasteiger partial charge in [-0.05, 0) is 0 Å². The molecular weight excluding hydrogens is 154 g/mol. The van der Waals surface area contributed by atoms with Gasteiger partial charge in [-0.1, -0.05) is 0 Å². The Labute approximate surface area is 61.3 Å². The Hall–Kier alpha value is -1.59. The molecule has 0 radical (unpaired) electrons. The van der Waals surface area contributed by atoms with Gasteiger partial charge in [0.25, 0.3) is 0 Å². The molecule has 1 N–H and O–H groups in total. The molecule has 6 heteroatoms. The van der Waals surface area contributed by atoms with E-state index < -0.39 is 17.8 Å². The molecule has 60 valence electrons. The van der Waals surface area contributed by atoms with E-state index in [4.69, 9.17) is 5.11 Å². The molecule has 0 unspecified atom stereocenters. The van der Waals surface area contributed by atoms with E-state index in [1.54, 1.807) is 0 Å². The highest BCUT2D eigenvalue weighted by atomic mass is 16.8. The van der Waals surface area contributed by atoms with E-state index in [1.165, 1.54) is 0 Å². The Morgan fingerprint density at radius 2 is 2.18 bits per heavy atom. The molecule has 0 aliphatic carbocycles. The zero-order chi connectivity index (χ0) is 8.43. The lowest BCUT2D eigenvalue weighted by Crippen LogP contribution is -2.29. The predicted octanol–water partition coefficient (Wildman–Crippen LogP) is -0.603. The Balaban J connectivity index is 2.55. The molecule has 0 spiro atoms. The molecule has 0 aromatic heterocycles. The molecule has 0 bridgehead atoms. The summed E-state index contributed by atoms with van der Waals surface area (Å²) in [5.74, 6) is -1.52. The minimum absolute atomic E-state index is 0.0178. The van der Waals surface area contributed by atoms with Crippen molar-refractivity contribution in [3.05, 3.63) is 0 Å². The monoisotopic (exact) mass is 159 g/mol. The molecule has 1 aliphatic heterocycles. The van der Waals surface area contributed by atoms with Crippen LogP contribution in [0.25, 0.3) is 0 Å². The van der Waals surface area contributed by atoms with Crippen molar-refractivity contribution in [1.82, 2.24) is 5.06 Å². The van der Waals surface area contributed by atoms with E-state index in [-0.39, 0.29) is 13.0 Å². The number of hydroxylamine groups is 2. The van der Waals surface area contributed by atoms with Gasteiger partial charge in [0.1, 0.15) is 0 Å². The van der Waals surface area contributed by atoms with E-state index in [0.29, 0.717) is 5.06 Å². The summed E-state index contributed by atoms with van der Waals surface area (Å²) in [6, 6.07) is 0. The maximum Gasteiger partial charge on any atom is 0.531 e. The van der Waals surface area contributed by atoms with Crippen LogP contribution in [0.1, 0.15) is 6.42 Å². The summed E-state index contributed by atoms with van der Waals surface area (Å²) in [6.45, 7) is 0.0178. The molecule has 0 aromatic carbocycles. The first-order valence-electron chi connectivity index (χ1n) is 2.87. The van der Waals surface area contributed by atoms with Gasteiger partial charge >= 0.3 is 12.1 Å². The molecule has 6 nitrogen and oxygen atoms in total. The lowest BCUT2D eigenvalue weighted by atomic mass is 10.3. The van der Waals surface area contributed by atoms with Crippen molar-refractivity contribution in [1.29, 1.82) is 0 Å². The van der Waals surface area contributed by atoms with Gasteiger partial charge in [0.05, 0.1) is 6.54 Å². The number of rotatable bonds is 1. The summed E-state index contributed by atoms with van der Waals surface area (Å²) in [7, 11) is 0. The van der Waals surface area contributed by atoms with E-state index in [9.17, 15) is 14.4 Å². The van der Waals surface area contributed by atoms with Crippen LogP contribution >= 0.6 is 0 Å². The van der Waals surface area contributed by atoms with Gasteiger partial charge in [0.15, 0.2) is 0 Å². The first-order valence-corrected chi connectivity index (χ1v) is 2.87. The molecular formula is C5H5NO5. The lowest BCUT2D eigenvalue weighted by Gasteiger charge is -2.09. The highest BCUT2D eigenvalue weighted by molar-refractivity contribution is 6.37.